The number of aryl methyl sites for hydroxylation is 2. The number of Topliss-reactive ketones (excluding diaryl/α,β-unsaturated/α-hetero) is 1. The van der Waals surface area contributed by atoms with E-state index in [1.54, 1.807) is 24.3 Å². The highest BCUT2D eigenvalue weighted by Gasteiger charge is 2.13. The average Bonchev–Trinajstić information content (AvgIpc) is 2.43. The molecule has 2 nitrogen and oxygen atoms in total. The predicted molar refractivity (Wildman–Crippen MR) is 81.9 cm³/mol. The first-order valence-corrected chi connectivity index (χ1v) is 6.86. The number of carbonyl (C=O) groups excluding carboxylic acids is 1. The van der Waals surface area contributed by atoms with Crippen LogP contribution in [0.15, 0.2) is 36.4 Å². The highest BCUT2D eigenvalue weighted by atomic mass is 35.5. The van der Waals surface area contributed by atoms with E-state index in [9.17, 15) is 4.79 Å². The summed E-state index contributed by atoms with van der Waals surface area (Å²) in [6.07, 6.45) is 0. The molecule has 3 heteroatoms. The molecule has 0 aliphatic carbocycles. The van der Waals surface area contributed by atoms with Crippen molar-refractivity contribution in [2.45, 2.75) is 20.8 Å². The van der Waals surface area contributed by atoms with Gasteiger partial charge >= 0.3 is 0 Å². The summed E-state index contributed by atoms with van der Waals surface area (Å²) < 4.78 is 5.71. The van der Waals surface area contributed by atoms with Gasteiger partial charge in [-0.15, -0.1) is 0 Å². The molecular weight excluding hydrogens is 272 g/mol. The van der Waals surface area contributed by atoms with Crippen molar-refractivity contribution in [3.05, 3.63) is 63.7 Å². The van der Waals surface area contributed by atoms with Gasteiger partial charge in [-0.1, -0.05) is 35.9 Å². The second kappa shape index (κ2) is 6.10. The number of benzene rings is 2. The smallest absolute Gasteiger partial charge is 0.201 e. The Morgan fingerprint density at radius 1 is 1.05 bits per heavy atom. The molecule has 2 aromatic rings. The highest BCUT2D eigenvalue weighted by molar-refractivity contribution is 6.34. The maximum Gasteiger partial charge on any atom is 0.201 e. The van der Waals surface area contributed by atoms with Crippen molar-refractivity contribution in [2.24, 2.45) is 0 Å². The van der Waals surface area contributed by atoms with Crippen LogP contribution in [0.1, 0.15) is 27.0 Å². The first kappa shape index (κ1) is 14.6. The lowest BCUT2D eigenvalue weighted by Crippen LogP contribution is -2.13. The first-order valence-electron chi connectivity index (χ1n) is 6.48. The normalized spacial score (nSPS) is 10.4. The number of ether oxygens (including phenoxy) is 1. The third-order valence-corrected chi connectivity index (χ3v) is 3.73. The van der Waals surface area contributed by atoms with E-state index in [2.05, 4.69) is 0 Å². The Morgan fingerprint density at radius 3 is 2.40 bits per heavy atom. The molecule has 0 N–H and O–H groups in total. The van der Waals surface area contributed by atoms with Crippen molar-refractivity contribution < 1.29 is 9.53 Å². The molecule has 0 atom stereocenters. The second-order valence-corrected chi connectivity index (χ2v) is 5.25. The van der Waals surface area contributed by atoms with E-state index in [4.69, 9.17) is 16.3 Å². The molecule has 2 rings (SSSR count). The lowest BCUT2D eigenvalue weighted by atomic mass is 10.1. The van der Waals surface area contributed by atoms with Crippen LogP contribution < -0.4 is 4.74 Å². The molecule has 0 fully saturated rings. The Labute approximate surface area is 124 Å². The van der Waals surface area contributed by atoms with Gasteiger partial charge in [0.25, 0.3) is 0 Å². The molecule has 0 saturated heterocycles. The summed E-state index contributed by atoms with van der Waals surface area (Å²) in [7, 11) is 0. The van der Waals surface area contributed by atoms with Gasteiger partial charge in [-0.3, -0.25) is 4.79 Å². The molecule has 0 radical (unpaired) electrons. The third kappa shape index (κ3) is 3.02. The van der Waals surface area contributed by atoms with Crippen LogP contribution in [0.25, 0.3) is 0 Å². The van der Waals surface area contributed by atoms with Crippen LogP contribution in [0.4, 0.5) is 0 Å². The fraction of sp³-hybridized carbons (Fsp3) is 0.235. The SMILES string of the molecule is Cc1ccc(C)c(OCC(=O)c2ccccc2Cl)c1C. The fourth-order valence-corrected chi connectivity index (χ4v) is 2.29. The molecule has 0 amide bonds. The predicted octanol–water partition coefficient (Wildman–Crippen LogP) is 4.53. The zero-order valence-electron chi connectivity index (χ0n) is 11.9. The molecule has 0 aliphatic rings. The maximum absolute atomic E-state index is 12.1. The monoisotopic (exact) mass is 288 g/mol. The van der Waals surface area contributed by atoms with Crippen LogP contribution in [0.5, 0.6) is 5.75 Å². The maximum atomic E-state index is 12.1. The molecular formula is C17H17ClO2. The average molecular weight is 289 g/mol. The van der Waals surface area contributed by atoms with Crippen LogP contribution in [0.3, 0.4) is 0 Å². The lowest BCUT2D eigenvalue weighted by Gasteiger charge is -2.13. The van der Waals surface area contributed by atoms with Crippen molar-refractivity contribution in [2.75, 3.05) is 6.61 Å². The summed E-state index contributed by atoms with van der Waals surface area (Å²) >= 11 is 6.01. The molecule has 2 aromatic carbocycles. The van der Waals surface area contributed by atoms with Crippen molar-refractivity contribution >= 4 is 17.4 Å². The molecule has 0 aliphatic heterocycles. The minimum absolute atomic E-state index is 0.00509. The van der Waals surface area contributed by atoms with E-state index < -0.39 is 0 Å². The van der Waals surface area contributed by atoms with Crippen molar-refractivity contribution in [3.63, 3.8) is 0 Å². The van der Waals surface area contributed by atoms with Crippen LogP contribution in [-0.4, -0.2) is 12.4 Å². The number of hydrogen-bond acceptors (Lipinski definition) is 2. The number of ketones is 1. The van der Waals surface area contributed by atoms with E-state index in [0.717, 1.165) is 22.4 Å². The zero-order chi connectivity index (χ0) is 14.7. The molecule has 20 heavy (non-hydrogen) atoms. The molecule has 0 heterocycles. The Kier molecular flexibility index (Phi) is 4.46. The van der Waals surface area contributed by atoms with Gasteiger partial charge in [-0.2, -0.15) is 0 Å². The Hall–Kier alpha value is -1.80. The fourth-order valence-electron chi connectivity index (χ4n) is 2.05. The zero-order valence-corrected chi connectivity index (χ0v) is 12.6. The van der Waals surface area contributed by atoms with E-state index >= 15 is 0 Å². The Morgan fingerprint density at radius 2 is 1.70 bits per heavy atom. The van der Waals surface area contributed by atoms with Gasteiger partial charge in [0.2, 0.25) is 5.78 Å². The first-order chi connectivity index (χ1) is 9.50. The molecule has 0 aromatic heterocycles. The lowest BCUT2D eigenvalue weighted by molar-refractivity contribution is 0.0921. The molecule has 0 spiro atoms. The van der Waals surface area contributed by atoms with Crippen LogP contribution in [0, 0.1) is 20.8 Å². The van der Waals surface area contributed by atoms with Gasteiger partial charge in [0.05, 0.1) is 5.02 Å². The van der Waals surface area contributed by atoms with Crippen LogP contribution >= 0.6 is 11.6 Å². The minimum atomic E-state index is -0.115. The van der Waals surface area contributed by atoms with Gasteiger partial charge < -0.3 is 4.74 Å². The van der Waals surface area contributed by atoms with E-state index in [1.165, 1.54) is 0 Å². The summed E-state index contributed by atoms with van der Waals surface area (Å²) in [5.74, 6) is 0.668. The van der Waals surface area contributed by atoms with Gasteiger partial charge in [0, 0.05) is 5.56 Å². The van der Waals surface area contributed by atoms with Gasteiger partial charge in [-0.25, -0.2) is 0 Å². The van der Waals surface area contributed by atoms with Crippen molar-refractivity contribution in [1.29, 1.82) is 0 Å². The summed E-state index contributed by atoms with van der Waals surface area (Å²) in [5, 5.41) is 0.457. The van der Waals surface area contributed by atoms with Gasteiger partial charge in [-0.05, 0) is 49.6 Å². The highest BCUT2D eigenvalue weighted by Crippen LogP contribution is 2.26. The number of carbonyl (C=O) groups is 1. The van der Waals surface area contributed by atoms with Crippen molar-refractivity contribution in [1.82, 2.24) is 0 Å². The minimum Gasteiger partial charge on any atom is -0.485 e. The van der Waals surface area contributed by atoms with Gasteiger partial charge in [0.15, 0.2) is 6.61 Å². The number of hydrogen-bond donors (Lipinski definition) is 0. The summed E-state index contributed by atoms with van der Waals surface area (Å²) in [6.45, 7) is 5.99. The summed E-state index contributed by atoms with van der Waals surface area (Å²) in [6, 6.07) is 11.1. The topological polar surface area (TPSA) is 26.3 Å². The quantitative estimate of drug-likeness (QED) is 0.773. The largest absolute Gasteiger partial charge is 0.485 e. The number of halogens is 1. The summed E-state index contributed by atoms with van der Waals surface area (Å²) in [5.41, 5.74) is 3.74. The summed E-state index contributed by atoms with van der Waals surface area (Å²) in [4.78, 5) is 12.1. The Bertz CT molecular complexity index is 647. The van der Waals surface area contributed by atoms with Crippen LogP contribution in [0.2, 0.25) is 5.02 Å². The molecule has 104 valence electrons. The molecule has 0 unspecified atom stereocenters. The second-order valence-electron chi connectivity index (χ2n) is 4.85. The number of rotatable bonds is 4. The van der Waals surface area contributed by atoms with E-state index in [1.807, 2.05) is 32.9 Å². The Balaban J connectivity index is 2.16. The van der Waals surface area contributed by atoms with Crippen LogP contribution in [-0.2, 0) is 0 Å². The van der Waals surface area contributed by atoms with Crippen molar-refractivity contribution in [3.8, 4) is 5.75 Å². The molecule has 0 bridgehead atoms. The molecule has 0 saturated carbocycles. The standard InChI is InChI=1S/C17H17ClO2/c1-11-8-9-12(2)17(13(11)3)20-10-16(19)14-6-4-5-7-15(14)18/h4-9H,10H2,1-3H3. The van der Waals surface area contributed by atoms with Gasteiger partial charge in [0.1, 0.15) is 5.75 Å². The third-order valence-electron chi connectivity index (χ3n) is 3.40. The van der Waals surface area contributed by atoms with E-state index in [-0.39, 0.29) is 12.4 Å². The van der Waals surface area contributed by atoms with E-state index in [0.29, 0.717) is 10.6 Å².